The molecular formula is C14H22N2O2S. The van der Waals surface area contributed by atoms with Gasteiger partial charge in [0, 0.05) is 18.2 Å². The van der Waals surface area contributed by atoms with Crippen LogP contribution in [0.2, 0.25) is 0 Å². The Hall–Kier alpha value is -1.17. The molecule has 5 heteroatoms. The highest BCUT2D eigenvalue weighted by Crippen LogP contribution is 2.12. The maximum absolute atomic E-state index is 9.87. The lowest BCUT2D eigenvalue weighted by molar-refractivity contribution is 0.0678. The lowest BCUT2D eigenvalue weighted by atomic mass is 10.2. The second-order valence-electron chi connectivity index (χ2n) is 4.89. The number of nitrogens with two attached hydrogens (primary N) is 1. The van der Waals surface area contributed by atoms with Crippen molar-refractivity contribution >= 4 is 17.2 Å². The predicted molar refractivity (Wildman–Crippen MR) is 81.6 cm³/mol. The highest BCUT2D eigenvalue weighted by atomic mass is 32.1. The van der Waals surface area contributed by atoms with Gasteiger partial charge in [0.15, 0.2) is 0 Å². The molecule has 1 rings (SSSR count). The minimum atomic E-state index is -0.511. The number of rotatable bonds is 7. The normalized spacial score (nSPS) is 12.7. The number of hydrogen-bond acceptors (Lipinski definition) is 4. The van der Waals surface area contributed by atoms with E-state index in [1.165, 1.54) is 0 Å². The zero-order valence-corrected chi connectivity index (χ0v) is 12.5. The molecule has 1 aromatic carbocycles. The van der Waals surface area contributed by atoms with Crippen molar-refractivity contribution in [3.8, 4) is 5.75 Å². The van der Waals surface area contributed by atoms with Crippen molar-refractivity contribution in [2.45, 2.75) is 26.0 Å². The van der Waals surface area contributed by atoms with Gasteiger partial charge in [-0.05, 0) is 45.2 Å². The molecule has 0 aromatic heterocycles. The molecule has 0 fully saturated rings. The van der Waals surface area contributed by atoms with E-state index in [0.717, 1.165) is 5.56 Å². The summed E-state index contributed by atoms with van der Waals surface area (Å²) in [7, 11) is 1.98. The SMILES string of the molecule is CC(C)N(C)CC(O)COc1ccc(C(N)=S)cc1. The van der Waals surface area contributed by atoms with Crippen LogP contribution in [0, 0.1) is 0 Å². The van der Waals surface area contributed by atoms with Crippen LogP contribution in [0.5, 0.6) is 5.75 Å². The summed E-state index contributed by atoms with van der Waals surface area (Å²) < 4.78 is 5.52. The van der Waals surface area contributed by atoms with E-state index in [9.17, 15) is 5.11 Å². The molecule has 0 spiro atoms. The van der Waals surface area contributed by atoms with Gasteiger partial charge in [0.25, 0.3) is 0 Å². The van der Waals surface area contributed by atoms with Gasteiger partial charge in [-0.3, -0.25) is 0 Å². The van der Waals surface area contributed by atoms with Gasteiger partial charge in [0.1, 0.15) is 23.4 Å². The van der Waals surface area contributed by atoms with Crippen molar-refractivity contribution in [3.63, 3.8) is 0 Å². The summed E-state index contributed by atoms with van der Waals surface area (Å²) in [6, 6.07) is 7.62. The molecule has 1 aromatic rings. The van der Waals surface area contributed by atoms with Gasteiger partial charge in [-0.2, -0.15) is 0 Å². The first kappa shape index (κ1) is 15.9. The van der Waals surface area contributed by atoms with Crippen molar-refractivity contribution < 1.29 is 9.84 Å². The van der Waals surface area contributed by atoms with Crippen LogP contribution in [0.25, 0.3) is 0 Å². The topological polar surface area (TPSA) is 58.7 Å². The van der Waals surface area contributed by atoms with E-state index >= 15 is 0 Å². The molecule has 4 nitrogen and oxygen atoms in total. The van der Waals surface area contributed by atoms with Crippen LogP contribution < -0.4 is 10.5 Å². The first-order chi connectivity index (χ1) is 8.90. The Morgan fingerprint density at radius 1 is 1.37 bits per heavy atom. The zero-order chi connectivity index (χ0) is 14.4. The summed E-state index contributed by atoms with van der Waals surface area (Å²) >= 11 is 4.87. The molecule has 0 bridgehead atoms. The third-order valence-electron chi connectivity index (χ3n) is 2.96. The summed E-state index contributed by atoms with van der Waals surface area (Å²) in [5.74, 6) is 0.700. The fourth-order valence-electron chi connectivity index (χ4n) is 1.50. The van der Waals surface area contributed by atoms with E-state index in [1.807, 2.05) is 19.2 Å². The Morgan fingerprint density at radius 2 is 1.95 bits per heavy atom. The number of benzene rings is 1. The van der Waals surface area contributed by atoms with Gasteiger partial charge >= 0.3 is 0 Å². The minimum absolute atomic E-state index is 0.267. The van der Waals surface area contributed by atoms with Crippen LogP contribution in [-0.2, 0) is 0 Å². The smallest absolute Gasteiger partial charge is 0.119 e. The minimum Gasteiger partial charge on any atom is -0.491 e. The lowest BCUT2D eigenvalue weighted by Gasteiger charge is -2.24. The highest BCUT2D eigenvalue weighted by molar-refractivity contribution is 7.80. The molecule has 3 N–H and O–H groups in total. The largest absolute Gasteiger partial charge is 0.491 e. The number of aliphatic hydroxyl groups is 1. The van der Waals surface area contributed by atoms with Gasteiger partial charge < -0.3 is 20.5 Å². The van der Waals surface area contributed by atoms with Crippen molar-refractivity contribution in [1.29, 1.82) is 0 Å². The fourth-order valence-corrected chi connectivity index (χ4v) is 1.64. The molecule has 0 aliphatic heterocycles. The van der Waals surface area contributed by atoms with Gasteiger partial charge in [0.05, 0.1) is 0 Å². The van der Waals surface area contributed by atoms with Gasteiger partial charge in [-0.1, -0.05) is 12.2 Å². The van der Waals surface area contributed by atoms with E-state index in [4.69, 9.17) is 22.7 Å². The second kappa shape index (κ2) is 7.43. The number of likely N-dealkylation sites (N-methyl/N-ethyl adjacent to an activating group) is 1. The van der Waals surface area contributed by atoms with Gasteiger partial charge in [-0.25, -0.2) is 0 Å². The molecule has 0 saturated heterocycles. The molecule has 19 heavy (non-hydrogen) atoms. The summed E-state index contributed by atoms with van der Waals surface area (Å²) in [5.41, 5.74) is 6.32. The van der Waals surface area contributed by atoms with Crippen LogP contribution in [-0.4, -0.2) is 47.3 Å². The Bertz CT molecular complexity index is 406. The lowest BCUT2D eigenvalue weighted by Crippen LogP contribution is -2.36. The quantitative estimate of drug-likeness (QED) is 0.740. The maximum Gasteiger partial charge on any atom is 0.119 e. The summed E-state index contributed by atoms with van der Waals surface area (Å²) in [5, 5.41) is 9.87. The van der Waals surface area contributed by atoms with Crippen molar-refractivity contribution in [2.75, 3.05) is 20.2 Å². The molecule has 106 valence electrons. The van der Waals surface area contributed by atoms with E-state index < -0.39 is 6.10 Å². The molecular weight excluding hydrogens is 260 g/mol. The molecule has 0 radical (unpaired) electrons. The van der Waals surface area contributed by atoms with E-state index in [1.54, 1.807) is 12.1 Å². The average molecular weight is 282 g/mol. The Labute approximate surface area is 120 Å². The standard InChI is InChI=1S/C14H22N2O2S/c1-10(2)16(3)8-12(17)9-18-13-6-4-11(5-7-13)14(15)19/h4-7,10,12,17H,8-9H2,1-3H3,(H2,15,19). The highest BCUT2D eigenvalue weighted by Gasteiger charge is 2.11. The van der Waals surface area contributed by atoms with Crippen LogP contribution in [0.15, 0.2) is 24.3 Å². The first-order valence-electron chi connectivity index (χ1n) is 6.31. The van der Waals surface area contributed by atoms with E-state index in [0.29, 0.717) is 23.3 Å². The Balaban J connectivity index is 2.41. The number of hydrogen-bond donors (Lipinski definition) is 2. The second-order valence-corrected chi connectivity index (χ2v) is 5.33. The van der Waals surface area contributed by atoms with Crippen LogP contribution >= 0.6 is 12.2 Å². The number of nitrogens with zero attached hydrogens (tertiary/aromatic N) is 1. The van der Waals surface area contributed by atoms with Crippen LogP contribution in [0.3, 0.4) is 0 Å². The number of ether oxygens (including phenoxy) is 1. The predicted octanol–water partition coefficient (Wildman–Crippen LogP) is 1.40. The number of thiocarbonyl (C=S) groups is 1. The Morgan fingerprint density at radius 3 is 2.42 bits per heavy atom. The zero-order valence-electron chi connectivity index (χ0n) is 11.7. The molecule has 0 heterocycles. The molecule has 1 unspecified atom stereocenters. The van der Waals surface area contributed by atoms with Crippen LogP contribution in [0.1, 0.15) is 19.4 Å². The van der Waals surface area contributed by atoms with Crippen LogP contribution in [0.4, 0.5) is 0 Å². The molecule has 1 atom stereocenters. The molecule has 0 amide bonds. The number of aliphatic hydroxyl groups excluding tert-OH is 1. The average Bonchev–Trinajstić information content (AvgIpc) is 2.36. The van der Waals surface area contributed by atoms with Crippen molar-refractivity contribution in [1.82, 2.24) is 4.90 Å². The third-order valence-corrected chi connectivity index (χ3v) is 3.20. The Kier molecular flexibility index (Phi) is 6.21. The molecule has 0 aliphatic rings. The summed E-state index contributed by atoms with van der Waals surface area (Å²) in [4.78, 5) is 2.44. The maximum atomic E-state index is 9.87. The summed E-state index contributed by atoms with van der Waals surface area (Å²) in [6.07, 6.45) is -0.511. The van der Waals surface area contributed by atoms with E-state index in [2.05, 4.69) is 18.7 Å². The van der Waals surface area contributed by atoms with Crippen molar-refractivity contribution in [3.05, 3.63) is 29.8 Å². The fraction of sp³-hybridized carbons (Fsp3) is 0.500. The molecule has 0 aliphatic carbocycles. The monoisotopic (exact) mass is 282 g/mol. The molecule has 0 saturated carbocycles. The van der Waals surface area contributed by atoms with Gasteiger partial charge in [-0.15, -0.1) is 0 Å². The first-order valence-corrected chi connectivity index (χ1v) is 6.72. The van der Waals surface area contributed by atoms with Crippen molar-refractivity contribution in [2.24, 2.45) is 5.73 Å². The van der Waals surface area contributed by atoms with Gasteiger partial charge in [0.2, 0.25) is 0 Å². The third kappa shape index (κ3) is 5.55. The van der Waals surface area contributed by atoms with E-state index in [-0.39, 0.29) is 6.61 Å². The summed E-state index contributed by atoms with van der Waals surface area (Å²) in [6.45, 7) is 5.02.